The number of benzene rings is 1. The van der Waals surface area contributed by atoms with Crippen LogP contribution >= 0.6 is 11.3 Å². The Morgan fingerprint density at radius 3 is 2.41 bits per heavy atom. The fourth-order valence-corrected chi connectivity index (χ4v) is 3.28. The van der Waals surface area contributed by atoms with Gasteiger partial charge in [-0.25, -0.2) is 0 Å². The Morgan fingerprint density at radius 2 is 1.82 bits per heavy atom. The second-order valence-corrected chi connectivity index (χ2v) is 5.51. The van der Waals surface area contributed by atoms with Crippen LogP contribution in [-0.4, -0.2) is 0 Å². The van der Waals surface area contributed by atoms with Crippen molar-refractivity contribution in [1.29, 1.82) is 0 Å². The Bertz CT molecular complexity index is 493. The quantitative estimate of drug-likeness (QED) is 0.869. The standard InChI is InChI=1S/C15H19NS/c1-4-12-5-6-17-15(12)14(16)13-8-10(2)7-11(3)9-13/h5-9,14H,4,16H2,1-3H3. The van der Waals surface area contributed by atoms with Gasteiger partial charge < -0.3 is 5.73 Å². The lowest BCUT2D eigenvalue weighted by atomic mass is 9.98. The lowest BCUT2D eigenvalue weighted by Gasteiger charge is -2.14. The van der Waals surface area contributed by atoms with Crippen LogP contribution in [0.4, 0.5) is 0 Å². The van der Waals surface area contributed by atoms with Gasteiger partial charge in [-0.1, -0.05) is 36.2 Å². The maximum Gasteiger partial charge on any atom is 0.0648 e. The van der Waals surface area contributed by atoms with Gasteiger partial charge in [-0.05, 0) is 42.8 Å². The Kier molecular flexibility index (Phi) is 3.65. The third-order valence-corrected chi connectivity index (χ3v) is 4.09. The van der Waals surface area contributed by atoms with E-state index in [2.05, 4.69) is 50.4 Å². The summed E-state index contributed by atoms with van der Waals surface area (Å²) in [6, 6.07) is 8.77. The lowest BCUT2D eigenvalue weighted by Crippen LogP contribution is -2.12. The zero-order chi connectivity index (χ0) is 12.4. The fourth-order valence-electron chi connectivity index (χ4n) is 2.25. The first kappa shape index (κ1) is 12.3. The molecular formula is C15H19NS. The maximum atomic E-state index is 6.39. The van der Waals surface area contributed by atoms with Crippen molar-refractivity contribution < 1.29 is 0 Å². The number of thiophene rings is 1. The van der Waals surface area contributed by atoms with Gasteiger partial charge in [0.15, 0.2) is 0 Å². The molecule has 0 aliphatic carbocycles. The predicted octanol–water partition coefficient (Wildman–Crippen LogP) is 3.98. The van der Waals surface area contributed by atoms with Gasteiger partial charge >= 0.3 is 0 Å². The van der Waals surface area contributed by atoms with Crippen molar-refractivity contribution in [2.24, 2.45) is 5.73 Å². The molecule has 0 amide bonds. The molecule has 0 fully saturated rings. The third-order valence-electron chi connectivity index (χ3n) is 3.05. The monoisotopic (exact) mass is 245 g/mol. The summed E-state index contributed by atoms with van der Waals surface area (Å²) in [7, 11) is 0. The van der Waals surface area contributed by atoms with Crippen LogP contribution in [0.25, 0.3) is 0 Å². The largest absolute Gasteiger partial charge is 0.320 e. The third kappa shape index (κ3) is 2.59. The molecule has 2 aromatic rings. The maximum absolute atomic E-state index is 6.39. The highest BCUT2D eigenvalue weighted by atomic mass is 32.1. The van der Waals surface area contributed by atoms with Crippen LogP contribution < -0.4 is 5.73 Å². The van der Waals surface area contributed by atoms with Crippen LogP contribution in [0.2, 0.25) is 0 Å². The van der Waals surface area contributed by atoms with Crippen molar-refractivity contribution in [3.63, 3.8) is 0 Å². The van der Waals surface area contributed by atoms with E-state index in [1.807, 2.05) is 0 Å². The Morgan fingerprint density at radius 1 is 1.18 bits per heavy atom. The molecule has 0 saturated carbocycles. The molecule has 2 heteroatoms. The Hall–Kier alpha value is -1.12. The number of hydrogen-bond acceptors (Lipinski definition) is 2. The summed E-state index contributed by atoms with van der Waals surface area (Å²) in [6.45, 7) is 6.43. The molecule has 2 N–H and O–H groups in total. The SMILES string of the molecule is CCc1ccsc1C(N)c1cc(C)cc(C)c1. The van der Waals surface area contributed by atoms with Crippen molar-refractivity contribution in [3.05, 3.63) is 56.8 Å². The first-order valence-electron chi connectivity index (χ1n) is 6.02. The molecule has 0 radical (unpaired) electrons. The van der Waals surface area contributed by atoms with E-state index in [1.54, 1.807) is 11.3 Å². The van der Waals surface area contributed by atoms with Gasteiger partial charge in [0, 0.05) is 4.88 Å². The van der Waals surface area contributed by atoms with Crippen LogP contribution in [0, 0.1) is 13.8 Å². The summed E-state index contributed by atoms with van der Waals surface area (Å²) in [5.74, 6) is 0. The molecule has 0 bridgehead atoms. The topological polar surface area (TPSA) is 26.0 Å². The van der Waals surface area contributed by atoms with Crippen LogP contribution in [0.15, 0.2) is 29.6 Å². The van der Waals surface area contributed by atoms with Gasteiger partial charge in [-0.15, -0.1) is 11.3 Å². The van der Waals surface area contributed by atoms with Gasteiger partial charge in [0.05, 0.1) is 6.04 Å². The number of aryl methyl sites for hydroxylation is 3. The van der Waals surface area contributed by atoms with Gasteiger partial charge in [0.2, 0.25) is 0 Å². The molecule has 0 saturated heterocycles. The lowest BCUT2D eigenvalue weighted by molar-refractivity contribution is 0.870. The van der Waals surface area contributed by atoms with E-state index in [-0.39, 0.29) is 6.04 Å². The van der Waals surface area contributed by atoms with Crippen molar-refractivity contribution in [2.75, 3.05) is 0 Å². The average Bonchev–Trinajstić information content (AvgIpc) is 2.74. The molecule has 0 aliphatic heterocycles. The number of hydrogen-bond donors (Lipinski definition) is 1. The number of nitrogens with two attached hydrogens (primary N) is 1. The molecule has 17 heavy (non-hydrogen) atoms. The molecule has 1 aromatic heterocycles. The molecule has 2 rings (SSSR count). The second-order valence-electron chi connectivity index (χ2n) is 4.56. The molecular weight excluding hydrogens is 226 g/mol. The molecule has 0 spiro atoms. The van der Waals surface area contributed by atoms with Crippen molar-refractivity contribution in [1.82, 2.24) is 0 Å². The van der Waals surface area contributed by atoms with Crippen LogP contribution in [0.3, 0.4) is 0 Å². The molecule has 0 aliphatic rings. The molecule has 1 unspecified atom stereocenters. The van der Waals surface area contributed by atoms with Crippen molar-refractivity contribution in [3.8, 4) is 0 Å². The van der Waals surface area contributed by atoms with Crippen molar-refractivity contribution >= 4 is 11.3 Å². The van der Waals surface area contributed by atoms with E-state index >= 15 is 0 Å². The summed E-state index contributed by atoms with van der Waals surface area (Å²) < 4.78 is 0. The van der Waals surface area contributed by atoms with Crippen LogP contribution in [0.1, 0.15) is 40.1 Å². The van der Waals surface area contributed by atoms with Crippen molar-refractivity contribution in [2.45, 2.75) is 33.2 Å². The van der Waals surface area contributed by atoms with E-state index in [1.165, 1.54) is 27.1 Å². The minimum Gasteiger partial charge on any atom is -0.320 e. The highest BCUT2D eigenvalue weighted by molar-refractivity contribution is 7.10. The van der Waals surface area contributed by atoms with Crippen LogP contribution in [0.5, 0.6) is 0 Å². The second kappa shape index (κ2) is 5.03. The van der Waals surface area contributed by atoms with E-state index in [9.17, 15) is 0 Å². The highest BCUT2D eigenvalue weighted by Gasteiger charge is 2.14. The van der Waals surface area contributed by atoms with Gasteiger partial charge in [-0.3, -0.25) is 0 Å². The zero-order valence-corrected chi connectivity index (χ0v) is 11.5. The van der Waals surface area contributed by atoms with E-state index in [0.717, 1.165) is 6.42 Å². The predicted molar refractivity (Wildman–Crippen MR) is 75.6 cm³/mol. The summed E-state index contributed by atoms with van der Waals surface area (Å²) in [5.41, 5.74) is 11.5. The van der Waals surface area contributed by atoms with Gasteiger partial charge in [0.25, 0.3) is 0 Å². The van der Waals surface area contributed by atoms with Gasteiger partial charge in [0.1, 0.15) is 0 Å². The molecule has 90 valence electrons. The minimum absolute atomic E-state index is 0.0172. The average molecular weight is 245 g/mol. The van der Waals surface area contributed by atoms with E-state index in [4.69, 9.17) is 5.73 Å². The highest BCUT2D eigenvalue weighted by Crippen LogP contribution is 2.29. The number of rotatable bonds is 3. The summed E-state index contributed by atoms with van der Waals surface area (Å²) in [6.07, 6.45) is 1.05. The first-order valence-corrected chi connectivity index (χ1v) is 6.89. The first-order chi connectivity index (χ1) is 8.11. The molecule has 1 heterocycles. The molecule has 1 atom stereocenters. The van der Waals surface area contributed by atoms with E-state index < -0.39 is 0 Å². The normalized spacial score (nSPS) is 12.7. The minimum atomic E-state index is 0.0172. The summed E-state index contributed by atoms with van der Waals surface area (Å²) in [5, 5.41) is 2.14. The smallest absolute Gasteiger partial charge is 0.0648 e. The van der Waals surface area contributed by atoms with Gasteiger partial charge in [-0.2, -0.15) is 0 Å². The molecule has 1 nitrogen and oxygen atoms in total. The Labute approximate surface area is 107 Å². The summed E-state index contributed by atoms with van der Waals surface area (Å²) >= 11 is 1.76. The Balaban J connectivity index is 2.39. The molecule has 1 aromatic carbocycles. The zero-order valence-electron chi connectivity index (χ0n) is 10.7. The fraction of sp³-hybridized carbons (Fsp3) is 0.333. The summed E-state index contributed by atoms with van der Waals surface area (Å²) in [4.78, 5) is 1.30. The van der Waals surface area contributed by atoms with E-state index in [0.29, 0.717) is 0 Å². The van der Waals surface area contributed by atoms with Crippen LogP contribution in [-0.2, 0) is 6.42 Å².